The van der Waals surface area contributed by atoms with Crippen molar-refractivity contribution in [3.63, 3.8) is 0 Å². The molecule has 0 bridgehead atoms. The Balaban J connectivity index is 2.39. The van der Waals surface area contributed by atoms with Crippen molar-refractivity contribution in [3.05, 3.63) is 29.8 Å². The minimum Gasteiger partial charge on any atom is -0.381 e. The fraction of sp³-hybridized carbons (Fsp3) is 0.571. The molecule has 1 aromatic carbocycles. The molecule has 2 nitrogen and oxygen atoms in total. The first-order valence-electron chi connectivity index (χ1n) is 6.09. The first-order chi connectivity index (χ1) is 8.11. The van der Waals surface area contributed by atoms with Gasteiger partial charge in [0.25, 0.3) is 0 Å². The predicted molar refractivity (Wildman–Crippen MR) is 75.6 cm³/mol. The molecule has 0 amide bonds. The molecular weight excluding hydrogens is 230 g/mol. The number of rotatable bonds is 7. The zero-order valence-corrected chi connectivity index (χ0v) is 12.0. The molecule has 1 N–H and O–H groups in total. The topological polar surface area (TPSA) is 21.3 Å². The van der Waals surface area contributed by atoms with Gasteiger partial charge in [-0.25, -0.2) is 0 Å². The molecule has 1 rings (SSSR count). The molecule has 0 aliphatic carbocycles. The van der Waals surface area contributed by atoms with Gasteiger partial charge < -0.3 is 10.1 Å². The SMILES string of the molecule is COC(C)CSc1ccc(CNC(C)C)cc1. The molecule has 1 unspecified atom stereocenters. The van der Waals surface area contributed by atoms with Crippen LogP contribution in [0.15, 0.2) is 29.2 Å². The number of ether oxygens (including phenoxy) is 1. The van der Waals surface area contributed by atoms with E-state index in [0.29, 0.717) is 12.1 Å². The van der Waals surface area contributed by atoms with Crippen LogP contribution in [0.25, 0.3) is 0 Å². The summed E-state index contributed by atoms with van der Waals surface area (Å²) >= 11 is 1.84. The first kappa shape index (κ1) is 14.6. The summed E-state index contributed by atoms with van der Waals surface area (Å²) in [5, 5.41) is 3.41. The minimum absolute atomic E-state index is 0.308. The normalized spacial score (nSPS) is 13.0. The smallest absolute Gasteiger partial charge is 0.0637 e. The number of benzene rings is 1. The molecule has 0 aliphatic heterocycles. The maximum absolute atomic E-state index is 5.23. The summed E-state index contributed by atoms with van der Waals surface area (Å²) in [5.41, 5.74) is 1.34. The molecule has 0 saturated heterocycles. The molecule has 1 aromatic rings. The number of methoxy groups -OCH3 is 1. The maximum Gasteiger partial charge on any atom is 0.0637 e. The zero-order valence-electron chi connectivity index (χ0n) is 11.2. The maximum atomic E-state index is 5.23. The summed E-state index contributed by atoms with van der Waals surface area (Å²) < 4.78 is 5.23. The average molecular weight is 253 g/mol. The van der Waals surface area contributed by atoms with E-state index in [1.807, 2.05) is 11.8 Å². The van der Waals surface area contributed by atoms with Crippen LogP contribution in [0.4, 0.5) is 0 Å². The zero-order chi connectivity index (χ0) is 12.7. The predicted octanol–water partition coefficient (Wildman–Crippen LogP) is 3.31. The van der Waals surface area contributed by atoms with E-state index in [-0.39, 0.29) is 0 Å². The number of hydrogen-bond acceptors (Lipinski definition) is 3. The highest BCUT2D eigenvalue weighted by atomic mass is 32.2. The third kappa shape index (κ3) is 6.10. The third-order valence-corrected chi connectivity index (χ3v) is 3.77. The van der Waals surface area contributed by atoms with E-state index < -0.39 is 0 Å². The van der Waals surface area contributed by atoms with Crippen LogP contribution < -0.4 is 5.32 Å². The van der Waals surface area contributed by atoms with Crippen molar-refractivity contribution >= 4 is 11.8 Å². The summed E-state index contributed by atoms with van der Waals surface area (Å²) in [6, 6.07) is 9.28. The van der Waals surface area contributed by atoms with Gasteiger partial charge in [-0.2, -0.15) is 0 Å². The second-order valence-electron chi connectivity index (χ2n) is 4.54. The van der Waals surface area contributed by atoms with Crippen LogP contribution in [0.3, 0.4) is 0 Å². The lowest BCUT2D eigenvalue weighted by Gasteiger charge is -2.10. The summed E-state index contributed by atoms with van der Waals surface area (Å²) in [4.78, 5) is 1.31. The highest BCUT2D eigenvalue weighted by Gasteiger charge is 2.01. The monoisotopic (exact) mass is 253 g/mol. The quantitative estimate of drug-likeness (QED) is 0.753. The van der Waals surface area contributed by atoms with Gasteiger partial charge in [-0.1, -0.05) is 26.0 Å². The Kier molecular flexibility index (Phi) is 6.63. The van der Waals surface area contributed by atoms with E-state index >= 15 is 0 Å². The lowest BCUT2D eigenvalue weighted by Crippen LogP contribution is -2.21. The molecular formula is C14H23NOS. The Bertz CT molecular complexity index is 311. The average Bonchev–Trinajstić information content (AvgIpc) is 2.34. The van der Waals surface area contributed by atoms with Crippen LogP contribution in [-0.4, -0.2) is 25.0 Å². The van der Waals surface area contributed by atoms with Crippen LogP contribution in [0.2, 0.25) is 0 Å². The Morgan fingerprint density at radius 2 is 1.82 bits per heavy atom. The van der Waals surface area contributed by atoms with Crippen LogP contribution in [0.1, 0.15) is 26.3 Å². The van der Waals surface area contributed by atoms with Gasteiger partial charge in [0.15, 0.2) is 0 Å². The molecule has 17 heavy (non-hydrogen) atoms. The van der Waals surface area contributed by atoms with Crippen molar-refractivity contribution in [2.75, 3.05) is 12.9 Å². The van der Waals surface area contributed by atoms with Crippen molar-refractivity contribution < 1.29 is 4.74 Å². The number of thioether (sulfide) groups is 1. The van der Waals surface area contributed by atoms with Crippen molar-refractivity contribution in [1.82, 2.24) is 5.32 Å². The summed E-state index contributed by atoms with van der Waals surface area (Å²) in [5.74, 6) is 1.00. The minimum atomic E-state index is 0.308. The molecule has 0 radical (unpaired) electrons. The van der Waals surface area contributed by atoms with E-state index in [1.165, 1.54) is 10.5 Å². The molecule has 1 atom stereocenters. The van der Waals surface area contributed by atoms with Gasteiger partial charge in [-0.3, -0.25) is 0 Å². The molecule has 96 valence electrons. The Morgan fingerprint density at radius 1 is 1.18 bits per heavy atom. The summed E-state index contributed by atoms with van der Waals surface area (Å²) in [6.07, 6.45) is 0.308. The highest BCUT2D eigenvalue weighted by Crippen LogP contribution is 2.19. The Hall–Kier alpha value is -0.510. The van der Waals surface area contributed by atoms with Crippen LogP contribution in [0, 0.1) is 0 Å². The lowest BCUT2D eigenvalue weighted by atomic mass is 10.2. The number of hydrogen-bond donors (Lipinski definition) is 1. The largest absolute Gasteiger partial charge is 0.381 e. The first-order valence-corrected chi connectivity index (χ1v) is 7.08. The van der Waals surface area contributed by atoms with Gasteiger partial charge in [0.05, 0.1) is 6.10 Å². The third-order valence-electron chi connectivity index (χ3n) is 2.52. The standard InChI is InChI=1S/C14H23NOS/c1-11(2)15-9-13-5-7-14(8-6-13)17-10-12(3)16-4/h5-8,11-12,15H,9-10H2,1-4H3. The number of nitrogens with one attached hydrogen (secondary N) is 1. The van der Waals surface area contributed by atoms with Gasteiger partial charge >= 0.3 is 0 Å². The van der Waals surface area contributed by atoms with Gasteiger partial charge in [0.1, 0.15) is 0 Å². The van der Waals surface area contributed by atoms with E-state index in [9.17, 15) is 0 Å². The van der Waals surface area contributed by atoms with E-state index in [2.05, 4.69) is 50.4 Å². The van der Waals surface area contributed by atoms with E-state index in [0.717, 1.165) is 12.3 Å². The van der Waals surface area contributed by atoms with Crippen molar-refractivity contribution in [2.45, 2.75) is 44.4 Å². The van der Waals surface area contributed by atoms with Crippen LogP contribution in [-0.2, 0) is 11.3 Å². The molecule has 0 heterocycles. The lowest BCUT2D eigenvalue weighted by molar-refractivity contribution is 0.138. The Labute approximate surface area is 109 Å². The Morgan fingerprint density at radius 3 is 2.35 bits per heavy atom. The second kappa shape index (κ2) is 7.75. The molecule has 0 fully saturated rings. The highest BCUT2D eigenvalue weighted by molar-refractivity contribution is 7.99. The van der Waals surface area contributed by atoms with Gasteiger partial charge in [-0.05, 0) is 24.6 Å². The molecule has 0 aromatic heterocycles. The second-order valence-corrected chi connectivity index (χ2v) is 5.63. The van der Waals surface area contributed by atoms with E-state index in [1.54, 1.807) is 7.11 Å². The van der Waals surface area contributed by atoms with Gasteiger partial charge in [0, 0.05) is 30.3 Å². The molecule has 0 spiro atoms. The summed E-state index contributed by atoms with van der Waals surface area (Å²) in [7, 11) is 1.76. The van der Waals surface area contributed by atoms with E-state index in [4.69, 9.17) is 4.74 Å². The fourth-order valence-corrected chi connectivity index (χ4v) is 2.20. The molecule has 0 saturated carbocycles. The van der Waals surface area contributed by atoms with Crippen LogP contribution >= 0.6 is 11.8 Å². The van der Waals surface area contributed by atoms with Crippen molar-refractivity contribution in [2.24, 2.45) is 0 Å². The molecule has 0 aliphatic rings. The van der Waals surface area contributed by atoms with Crippen molar-refractivity contribution in [1.29, 1.82) is 0 Å². The molecule has 3 heteroatoms. The fourth-order valence-electron chi connectivity index (χ4n) is 1.31. The van der Waals surface area contributed by atoms with Gasteiger partial charge in [0.2, 0.25) is 0 Å². The van der Waals surface area contributed by atoms with Crippen molar-refractivity contribution in [3.8, 4) is 0 Å². The summed E-state index contributed by atoms with van der Waals surface area (Å²) in [6.45, 7) is 7.36. The van der Waals surface area contributed by atoms with Gasteiger partial charge in [-0.15, -0.1) is 11.8 Å². The van der Waals surface area contributed by atoms with Crippen LogP contribution in [0.5, 0.6) is 0 Å².